The summed E-state index contributed by atoms with van der Waals surface area (Å²) in [5, 5.41) is 9.13. The number of rotatable bonds is 3. The molecule has 1 saturated heterocycles. The lowest BCUT2D eigenvalue weighted by molar-refractivity contribution is -0.142. The van der Waals surface area contributed by atoms with Gasteiger partial charge in [-0.05, 0) is 31.5 Å². The van der Waals surface area contributed by atoms with Crippen molar-refractivity contribution in [2.45, 2.75) is 19.4 Å². The fourth-order valence-corrected chi connectivity index (χ4v) is 2.64. The van der Waals surface area contributed by atoms with Crippen molar-refractivity contribution in [2.75, 3.05) is 25.5 Å². The zero-order chi connectivity index (χ0) is 14.9. The molecule has 2 unspecified atom stereocenters. The topological polar surface area (TPSA) is 60.9 Å². The minimum Gasteiger partial charge on any atom is -0.481 e. The third kappa shape index (κ3) is 2.61. The molecule has 108 valence electrons. The van der Waals surface area contributed by atoms with Crippen LogP contribution in [0.3, 0.4) is 0 Å². The van der Waals surface area contributed by atoms with Crippen LogP contribution in [0.15, 0.2) is 24.3 Å². The van der Waals surface area contributed by atoms with Gasteiger partial charge in [0.1, 0.15) is 0 Å². The molecule has 1 aliphatic rings. The second-order valence-electron chi connectivity index (χ2n) is 5.42. The van der Waals surface area contributed by atoms with Crippen LogP contribution < -0.4 is 4.90 Å². The summed E-state index contributed by atoms with van der Waals surface area (Å²) in [4.78, 5) is 27.2. The number of anilines is 1. The number of nitrogens with zero attached hydrogens (tertiary/aromatic N) is 2. The van der Waals surface area contributed by atoms with Gasteiger partial charge in [-0.1, -0.05) is 6.07 Å². The van der Waals surface area contributed by atoms with Crippen LogP contribution in [0.2, 0.25) is 0 Å². The number of aliphatic carboxylic acids is 1. The summed E-state index contributed by atoms with van der Waals surface area (Å²) >= 11 is 0. The lowest BCUT2D eigenvalue weighted by Gasteiger charge is -2.24. The lowest BCUT2D eigenvalue weighted by atomic mass is 10.0. The van der Waals surface area contributed by atoms with Crippen LogP contribution in [0, 0.1) is 5.92 Å². The number of carbonyl (C=O) groups is 2. The first-order chi connectivity index (χ1) is 9.41. The average Bonchev–Trinajstić information content (AvgIpc) is 2.80. The van der Waals surface area contributed by atoms with E-state index in [9.17, 15) is 9.59 Å². The van der Waals surface area contributed by atoms with Crippen molar-refractivity contribution >= 4 is 17.6 Å². The third-order valence-corrected chi connectivity index (χ3v) is 3.94. The predicted molar refractivity (Wildman–Crippen MR) is 77.0 cm³/mol. The first-order valence-electron chi connectivity index (χ1n) is 6.73. The van der Waals surface area contributed by atoms with E-state index in [2.05, 4.69) is 0 Å². The molecule has 0 spiro atoms. The SMILES string of the molecule is CC1C(C(=O)O)CCN1C(=O)c1cccc(N(C)C)c1. The summed E-state index contributed by atoms with van der Waals surface area (Å²) in [6.07, 6.45) is 0.523. The van der Waals surface area contributed by atoms with Gasteiger partial charge in [-0.25, -0.2) is 0 Å². The minimum atomic E-state index is -0.824. The molecular weight excluding hydrogens is 256 g/mol. The van der Waals surface area contributed by atoms with Crippen molar-refractivity contribution in [1.82, 2.24) is 4.90 Å². The summed E-state index contributed by atoms with van der Waals surface area (Å²) in [6, 6.07) is 7.13. The Morgan fingerprint density at radius 3 is 2.60 bits per heavy atom. The zero-order valence-electron chi connectivity index (χ0n) is 12.0. The van der Waals surface area contributed by atoms with Gasteiger partial charge in [-0.3, -0.25) is 9.59 Å². The van der Waals surface area contributed by atoms with Gasteiger partial charge in [0, 0.05) is 37.9 Å². The van der Waals surface area contributed by atoms with Crippen molar-refractivity contribution in [3.8, 4) is 0 Å². The van der Waals surface area contributed by atoms with Crippen molar-refractivity contribution < 1.29 is 14.7 Å². The lowest BCUT2D eigenvalue weighted by Crippen LogP contribution is -2.37. The van der Waals surface area contributed by atoms with E-state index in [0.717, 1.165) is 5.69 Å². The number of benzene rings is 1. The molecule has 5 heteroatoms. The van der Waals surface area contributed by atoms with E-state index in [-0.39, 0.29) is 11.9 Å². The van der Waals surface area contributed by atoms with Gasteiger partial charge < -0.3 is 14.9 Å². The number of hydrogen-bond acceptors (Lipinski definition) is 3. The monoisotopic (exact) mass is 276 g/mol. The van der Waals surface area contributed by atoms with E-state index >= 15 is 0 Å². The molecule has 1 N–H and O–H groups in total. The standard InChI is InChI=1S/C15H20N2O3/c1-10-13(15(19)20)7-8-17(10)14(18)11-5-4-6-12(9-11)16(2)3/h4-6,9-10,13H,7-8H2,1-3H3,(H,19,20). The smallest absolute Gasteiger partial charge is 0.308 e. The number of hydrogen-bond donors (Lipinski definition) is 1. The second kappa shape index (κ2) is 5.53. The Labute approximate surface area is 118 Å². The van der Waals surface area contributed by atoms with Crippen molar-refractivity contribution in [2.24, 2.45) is 5.92 Å². The maximum atomic E-state index is 12.5. The molecule has 1 aliphatic heterocycles. The molecule has 5 nitrogen and oxygen atoms in total. The average molecular weight is 276 g/mol. The summed E-state index contributed by atoms with van der Waals surface area (Å²) in [7, 11) is 3.84. The molecule has 2 rings (SSSR count). The van der Waals surface area contributed by atoms with Crippen LogP contribution in [0.4, 0.5) is 5.69 Å². The summed E-state index contributed by atoms with van der Waals surface area (Å²) in [5.41, 5.74) is 1.56. The van der Waals surface area contributed by atoms with Gasteiger partial charge in [-0.2, -0.15) is 0 Å². The molecule has 1 aromatic carbocycles. The highest BCUT2D eigenvalue weighted by Gasteiger charge is 2.38. The highest BCUT2D eigenvalue weighted by atomic mass is 16.4. The highest BCUT2D eigenvalue weighted by molar-refractivity contribution is 5.96. The first-order valence-corrected chi connectivity index (χ1v) is 6.73. The summed E-state index contributed by atoms with van der Waals surface area (Å²) in [5.74, 6) is -1.38. The van der Waals surface area contributed by atoms with E-state index in [0.29, 0.717) is 18.5 Å². The van der Waals surface area contributed by atoms with Crippen LogP contribution in [-0.2, 0) is 4.79 Å². The molecule has 2 atom stereocenters. The number of amides is 1. The Bertz CT molecular complexity index is 528. The highest BCUT2D eigenvalue weighted by Crippen LogP contribution is 2.26. The van der Waals surface area contributed by atoms with E-state index in [1.165, 1.54) is 0 Å². The van der Waals surface area contributed by atoms with Gasteiger partial charge in [0.15, 0.2) is 0 Å². The maximum absolute atomic E-state index is 12.5. The van der Waals surface area contributed by atoms with E-state index in [4.69, 9.17) is 5.11 Å². The molecule has 1 aromatic rings. The Kier molecular flexibility index (Phi) is 3.97. The quantitative estimate of drug-likeness (QED) is 0.912. The molecule has 1 amide bonds. The Balaban J connectivity index is 2.20. The van der Waals surface area contributed by atoms with Crippen molar-refractivity contribution in [3.05, 3.63) is 29.8 Å². The Morgan fingerprint density at radius 2 is 2.05 bits per heavy atom. The number of likely N-dealkylation sites (tertiary alicyclic amines) is 1. The molecule has 20 heavy (non-hydrogen) atoms. The molecule has 0 aromatic heterocycles. The summed E-state index contributed by atoms with van der Waals surface area (Å²) < 4.78 is 0. The fraction of sp³-hybridized carbons (Fsp3) is 0.467. The number of carbonyl (C=O) groups excluding carboxylic acids is 1. The van der Waals surface area contributed by atoms with Gasteiger partial charge >= 0.3 is 5.97 Å². The molecule has 0 radical (unpaired) electrons. The van der Waals surface area contributed by atoms with Crippen LogP contribution in [0.5, 0.6) is 0 Å². The molecule has 0 aliphatic carbocycles. The van der Waals surface area contributed by atoms with Crippen LogP contribution >= 0.6 is 0 Å². The fourth-order valence-electron chi connectivity index (χ4n) is 2.64. The van der Waals surface area contributed by atoms with Gasteiger partial charge in [0.2, 0.25) is 0 Å². The third-order valence-electron chi connectivity index (χ3n) is 3.94. The molecule has 0 saturated carbocycles. The maximum Gasteiger partial charge on any atom is 0.308 e. The molecule has 0 bridgehead atoms. The largest absolute Gasteiger partial charge is 0.481 e. The minimum absolute atomic E-state index is 0.0926. The van der Waals surface area contributed by atoms with Crippen molar-refractivity contribution in [3.63, 3.8) is 0 Å². The zero-order valence-corrected chi connectivity index (χ0v) is 12.0. The van der Waals surface area contributed by atoms with E-state index < -0.39 is 11.9 Å². The van der Waals surface area contributed by atoms with Gasteiger partial charge in [0.25, 0.3) is 5.91 Å². The van der Waals surface area contributed by atoms with Crippen LogP contribution in [0.1, 0.15) is 23.7 Å². The second-order valence-corrected chi connectivity index (χ2v) is 5.42. The van der Waals surface area contributed by atoms with E-state index in [1.54, 1.807) is 17.9 Å². The van der Waals surface area contributed by atoms with Crippen LogP contribution in [-0.4, -0.2) is 48.6 Å². The predicted octanol–water partition coefficient (Wildman–Crippen LogP) is 1.69. The molecule has 1 fully saturated rings. The number of carboxylic acids is 1. The Morgan fingerprint density at radius 1 is 1.35 bits per heavy atom. The Hall–Kier alpha value is -2.04. The van der Waals surface area contributed by atoms with Crippen molar-refractivity contribution in [1.29, 1.82) is 0 Å². The van der Waals surface area contributed by atoms with E-state index in [1.807, 2.05) is 37.2 Å². The molecule has 1 heterocycles. The molecular formula is C15H20N2O3. The summed E-state index contributed by atoms with van der Waals surface area (Å²) in [6.45, 7) is 2.31. The van der Waals surface area contributed by atoms with Gasteiger partial charge in [0.05, 0.1) is 5.92 Å². The van der Waals surface area contributed by atoms with Gasteiger partial charge in [-0.15, -0.1) is 0 Å². The number of carboxylic acid groups (broad SMARTS) is 1. The van der Waals surface area contributed by atoms with Crippen LogP contribution in [0.25, 0.3) is 0 Å². The first kappa shape index (κ1) is 14.4. The normalized spacial score (nSPS) is 21.9.